The highest BCUT2D eigenvalue weighted by atomic mass is 32.2. The molecule has 0 unspecified atom stereocenters. The van der Waals surface area contributed by atoms with Crippen LogP contribution in [-0.4, -0.2) is 12.1 Å². The van der Waals surface area contributed by atoms with Crippen molar-refractivity contribution < 1.29 is 22.4 Å². The van der Waals surface area contributed by atoms with Gasteiger partial charge in [-0.25, -0.2) is 0 Å². The predicted octanol–water partition coefficient (Wildman–Crippen LogP) is 3.38. The zero-order valence-electron chi connectivity index (χ0n) is 8.71. The van der Waals surface area contributed by atoms with E-state index in [1.54, 1.807) is 12.1 Å². The highest BCUT2D eigenvalue weighted by Crippen LogP contribution is 2.52. The molecule has 0 aromatic heterocycles. The van der Waals surface area contributed by atoms with Crippen molar-refractivity contribution >= 4 is 23.4 Å². The summed E-state index contributed by atoms with van der Waals surface area (Å²) in [5.74, 6) is -0.750. The lowest BCUT2D eigenvalue weighted by molar-refractivity contribution is -0.121. The van der Waals surface area contributed by atoms with Crippen LogP contribution in [0.4, 0.5) is 23.2 Å². The molecule has 2 aliphatic rings. The smallest absolute Gasteiger partial charge is 0.274 e. The fourth-order valence-electron chi connectivity index (χ4n) is 2.12. The van der Waals surface area contributed by atoms with Crippen molar-refractivity contribution in [3.8, 4) is 0 Å². The van der Waals surface area contributed by atoms with Crippen molar-refractivity contribution in [3.05, 3.63) is 34.6 Å². The molecule has 2 nitrogen and oxygen atoms in total. The summed E-state index contributed by atoms with van der Waals surface area (Å²) in [4.78, 5) is 12.5. The number of anilines is 1. The summed E-state index contributed by atoms with van der Waals surface area (Å²) in [5, 5.41) is -1.39. The minimum Gasteiger partial charge on any atom is -0.274 e. The van der Waals surface area contributed by atoms with Crippen LogP contribution < -0.4 is 4.90 Å². The van der Waals surface area contributed by atoms with Crippen LogP contribution in [0.1, 0.15) is 5.56 Å². The Hall–Kier alpha value is -1.50. The van der Waals surface area contributed by atoms with Crippen molar-refractivity contribution in [1.82, 2.24) is 0 Å². The molecule has 2 aliphatic heterocycles. The number of carbonyl (C=O) groups is 1. The average molecular weight is 275 g/mol. The normalized spacial score (nSPS) is 18.4. The third kappa shape index (κ3) is 1.46. The maximum atomic E-state index is 13.6. The first-order chi connectivity index (χ1) is 8.39. The first-order valence-electron chi connectivity index (χ1n) is 4.99. The fraction of sp³-hybridized carbons (Fsp3) is 0.182. The molecule has 0 saturated carbocycles. The summed E-state index contributed by atoms with van der Waals surface area (Å²) < 4.78 is 52.0. The second-order valence-corrected chi connectivity index (χ2v) is 4.89. The molecule has 0 bridgehead atoms. The Morgan fingerprint density at radius 1 is 1.28 bits per heavy atom. The number of rotatable bonds is 0. The number of thioether (sulfide) groups is 1. The van der Waals surface area contributed by atoms with Gasteiger partial charge in [0.1, 0.15) is 0 Å². The third-order valence-electron chi connectivity index (χ3n) is 2.78. The van der Waals surface area contributed by atoms with Crippen LogP contribution in [0.15, 0.2) is 34.0 Å². The summed E-state index contributed by atoms with van der Waals surface area (Å²) in [5.41, 5.74) is -0.838. The Morgan fingerprint density at radius 2 is 2.00 bits per heavy atom. The van der Waals surface area contributed by atoms with Crippen LogP contribution in [0, 0.1) is 0 Å². The lowest BCUT2D eigenvalue weighted by atomic mass is 10.1. The summed E-state index contributed by atoms with van der Waals surface area (Å²) in [7, 11) is 0. The summed E-state index contributed by atoms with van der Waals surface area (Å²) >= 11 is 0.406. The van der Waals surface area contributed by atoms with E-state index in [0.29, 0.717) is 27.1 Å². The van der Waals surface area contributed by atoms with Crippen LogP contribution >= 0.6 is 11.8 Å². The van der Waals surface area contributed by atoms with E-state index >= 15 is 0 Å². The number of hydrogen-bond acceptors (Lipinski definition) is 2. The van der Waals surface area contributed by atoms with Gasteiger partial charge in [0.2, 0.25) is 5.91 Å². The van der Waals surface area contributed by atoms with Crippen molar-refractivity contribution in [3.63, 3.8) is 0 Å². The van der Waals surface area contributed by atoms with Crippen LogP contribution in [-0.2, 0) is 11.2 Å². The molecule has 7 heteroatoms. The van der Waals surface area contributed by atoms with Gasteiger partial charge in [-0.1, -0.05) is 23.9 Å². The van der Waals surface area contributed by atoms with E-state index in [0.717, 1.165) is 0 Å². The molecule has 94 valence electrons. The van der Waals surface area contributed by atoms with E-state index in [1.807, 2.05) is 0 Å². The zero-order valence-corrected chi connectivity index (χ0v) is 9.53. The van der Waals surface area contributed by atoms with Gasteiger partial charge in [-0.05, 0) is 11.6 Å². The van der Waals surface area contributed by atoms with Crippen LogP contribution in [0.2, 0.25) is 0 Å². The van der Waals surface area contributed by atoms with Crippen LogP contribution in [0.3, 0.4) is 0 Å². The molecule has 0 saturated heterocycles. The van der Waals surface area contributed by atoms with Gasteiger partial charge in [0.05, 0.1) is 12.1 Å². The van der Waals surface area contributed by atoms with E-state index in [-0.39, 0.29) is 12.1 Å². The predicted molar refractivity (Wildman–Crippen MR) is 57.7 cm³/mol. The monoisotopic (exact) mass is 275 g/mol. The van der Waals surface area contributed by atoms with Crippen molar-refractivity contribution in [2.45, 2.75) is 17.5 Å². The quantitative estimate of drug-likeness (QED) is 0.676. The van der Waals surface area contributed by atoms with E-state index < -0.39 is 22.9 Å². The largest absolute Gasteiger partial charge is 0.435 e. The van der Waals surface area contributed by atoms with Gasteiger partial charge >= 0.3 is 6.18 Å². The number of benzene rings is 1. The maximum absolute atomic E-state index is 13.6. The number of hydrogen-bond donors (Lipinski definition) is 0. The highest BCUT2D eigenvalue weighted by Gasteiger charge is 2.49. The number of para-hydroxylation sites is 1. The molecule has 1 aromatic carbocycles. The number of halogens is 4. The Morgan fingerprint density at radius 3 is 2.67 bits per heavy atom. The van der Waals surface area contributed by atoms with Gasteiger partial charge in [0, 0.05) is 4.90 Å². The first-order valence-corrected chi connectivity index (χ1v) is 5.81. The lowest BCUT2D eigenvalue weighted by Crippen LogP contribution is -2.36. The lowest BCUT2D eigenvalue weighted by Gasteiger charge is -2.28. The number of amides is 1. The van der Waals surface area contributed by atoms with Crippen molar-refractivity contribution in [2.24, 2.45) is 0 Å². The van der Waals surface area contributed by atoms with E-state index in [1.165, 1.54) is 6.07 Å². The molecule has 0 fully saturated rings. The zero-order chi connectivity index (χ0) is 13.1. The number of alkyl halides is 3. The highest BCUT2D eigenvalue weighted by molar-refractivity contribution is 8.03. The van der Waals surface area contributed by atoms with E-state index in [4.69, 9.17) is 0 Å². The molecule has 3 rings (SSSR count). The molecule has 0 spiro atoms. The van der Waals surface area contributed by atoms with E-state index in [2.05, 4.69) is 0 Å². The van der Waals surface area contributed by atoms with Crippen LogP contribution in [0.5, 0.6) is 0 Å². The van der Waals surface area contributed by atoms with Crippen molar-refractivity contribution in [2.75, 3.05) is 4.90 Å². The average Bonchev–Trinajstić information content (AvgIpc) is 2.55. The second kappa shape index (κ2) is 3.50. The molecule has 1 aromatic rings. The van der Waals surface area contributed by atoms with Gasteiger partial charge < -0.3 is 0 Å². The summed E-state index contributed by atoms with van der Waals surface area (Å²) in [6.45, 7) is 0. The Bertz CT molecular complexity index is 593. The second-order valence-electron chi connectivity index (χ2n) is 3.89. The van der Waals surface area contributed by atoms with Gasteiger partial charge in [0.15, 0.2) is 10.9 Å². The maximum Gasteiger partial charge on any atom is 0.435 e. The van der Waals surface area contributed by atoms with Gasteiger partial charge in [-0.3, -0.25) is 9.69 Å². The number of carbonyl (C=O) groups excluding carboxylic acids is 1. The third-order valence-corrected chi connectivity index (χ3v) is 3.70. The minimum atomic E-state index is -4.89. The van der Waals surface area contributed by atoms with Gasteiger partial charge in [-0.2, -0.15) is 17.6 Å². The first kappa shape index (κ1) is 11.6. The topological polar surface area (TPSA) is 20.3 Å². The Balaban J connectivity index is 2.26. The number of nitrogens with zero attached hydrogens (tertiary/aromatic N) is 1. The molecule has 2 heterocycles. The Labute approximate surface area is 103 Å². The van der Waals surface area contributed by atoms with E-state index in [9.17, 15) is 22.4 Å². The van der Waals surface area contributed by atoms with Crippen LogP contribution in [0.25, 0.3) is 0 Å². The fourth-order valence-corrected chi connectivity index (χ4v) is 3.08. The molecule has 0 radical (unpaired) electrons. The van der Waals surface area contributed by atoms with Crippen molar-refractivity contribution in [1.29, 1.82) is 0 Å². The molecule has 0 N–H and O–H groups in total. The minimum absolute atomic E-state index is 0.128. The summed E-state index contributed by atoms with van der Waals surface area (Å²) in [6, 6.07) is 4.68. The van der Waals surface area contributed by atoms with Gasteiger partial charge in [0.25, 0.3) is 0 Å². The molecular formula is C11H5F4NOS. The SMILES string of the molecule is O=C1Cc2cccc3c2N1C(C(F)(F)F)=C(F)S3. The summed E-state index contributed by atoms with van der Waals surface area (Å²) in [6.07, 6.45) is -5.02. The standard InChI is InChI=1S/C11H5F4NOS/c12-10-9(11(13,14)15)16-7(17)4-5-2-1-3-6(18-10)8(5)16/h1-3H,4H2. The Kier molecular flexibility index (Phi) is 2.25. The molecule has 18 heavy (non-hydrogen) atoms. The molecule has 1 amide bonds. The molecule has 0 atom stereocenters. The molecule has 0 aliphatic carbocycles. The molecular weight excluding hydrogens is 270 g/mol. The number of allylic oxidation sites excluding steroid dienone is 1. The van der Waals surface area contributed by atoms with Gasteiger partial charge in [-0.15, -0.1) is 0 Å².